The lowest BCUT2D eigenvalue weighted by atomic mass is 10.1. The zero-order valence-electron chi connectivity index (χ0n) is 18.6. The largest absolute Gasteiger partial charge is 0.497 e. The summed E-state index contributed by atoms with van der Waals surface area (Å²) >= 11 is 0. The third-order valence-electron chi connectivity index (χ3n) is 5.28. The van der Waals surface area contributed by atoms with Crippen molar-refractivity contribution in [2.45, 2.75) is 6.54 Å². The summed E-state index contributed by atoms with van der Waals surface area (Å²) in [6, 6.07) is 14.2. The van der Waals surface area contributed by atoms with Crippen molar-refractivity contribution >= 4 is 11.4 Å². The number of fused-ring (bicyclic) bond motifs is 1. The fourth-order valence-corrected chi connectivity index (χ4v) is 3.48. The van der Waals surface area contributed by atoms with Crippen LogP contribution in [0.5, 0.6) is 17.2 Å². The molecule has 0 fully saturated rings. The Morgan fingerprint density at radius 2 is 1.67 bits per heavy atom. The number of benzene rings is 2. The zero-order chi connectivity index (χ0) is 23.4. The molecule has 1 N–H and O–H groups in total. The van der Waals surface area contributed by atoms with Crippen molar-refractivity contribution < 1.29 is 19.0 Å². The summed E-state index contributed by atoms with van der Waals surface area (Å²) in [6.45, 7) is 0.576. The molecular weight excluding hydrogens is 424 g/mol. The lowest BCUT2D eigenvalue weighted by Gasteiger charge is -2.11. The highest BCUT2D eigenvalue weighted by atomic mass is 16.5. The van der Waals surface area contributed by atoms with Crippen molar-refractivity contribution in [1.29, 1.82) is 0 Å². The maximum absolute atomic E-state index is 12.9. The number of hydrogen-bond acceptors (Lipinski definition) is 6. The molecule has 4 rings (SSSR count). The van der Waals surface area contributed by atoms with E-state index in [1.54, 1.807) is 60.0 Å². The van der Waals surface area contributed by atoms with Crippen LogP contribution < -0.4 is 25.1 Å². The summed E-state index contributed by atoms with van der Waals surface area (Å²) in [6.07, 6.45) is 3.37. The van der Waals surface area contributed by atoms with Gasteiger partial charge in [0.2, 0.25) is 0 Å². The van der Waals surface area contributed by atoms with Crippen molar-refractivity contribution in [3.05, 3.63) is 76.8 Å². The lowest BCUT2D eigenvalue weighted by Crippen LogP contribution is -2.31. The molecule has 9 heteroatoms. The van der Waals surface area contributed by atoms with Crippen LogP contribution in [-0.4, -0.2) is 48.0 Å². The SMILES string of the molecule is COc1ccc(-c2cc3c(=O)n(CCNC(=O)c4ccc(OC)cc4OC)ccn3n2)cc1. The van der Waals surface area contributed by atoms with E-state index in [2.05, 4.69) is 10.4 Å². The van der Waals surface area contributed by atoms with Gasteiger partial charge in [-0.1, -0.05) is 0 Å². The molecule has 0 unspecified atom stereocenters. The molecule has 4 aromatic rings. The first-order valence-electron chi connectivity index (χ1n) is 10.3. The van der Waals surface area contributed by atoms with Crippen molar-refractivity contribution in [2.75, 3.05) is 27.9 Å². The molecule has 0 aliphatic rings. The highest BCUT2D eigenvalue weighted by Crippen LogP contribution is 2.24. The Labute approximate surface area is 190 Å². The molecule has 0 saturated heterocycles. The number of amides is 1. The number of rotatable bonds is 8. The molecule has 0 aliphatic heterocycles. The first-order chi connectivity index (χ1) is 16.0. The molecule has 2 heterocycles. The number of carbonyl (C=O) groups excluding carboxylic acids is 1. The highest BCUT2D eigenvalue weighted by molar-refractivity contribution is 5.97. The molecule has 2 aromatic carbocycles. The molecular formula is C24H24N4O5. The van der Waals surface area contributed by atoms with E-state index >= 15 is 0 Å². The van der Waals surface area contributed by atoms with E-state index in [4.69, 9.17) is 14.2 Å². The smallest absolute Gasteiger partial charge is 0.276 e. The van der Waals surface area contributed by atoms with Gasteiger partial charge in [0.1, 0.15) is 22.8 Å². The Kier molecular flexibility index (Phi) is 6.30. The van der Waals surface area contributed by atoms with Gasteiger partial charge in [0.05, 0.1) is 32.6 Å². The van der Waals surface area contributed by atoms with E-state index in [0.717, 1.165) is 11.3 Å². The Morgan fingerprint density at radius 1 is 0.939 bits per heavy atom. The van der Waals surface area contributed by atoms with E-state index in [1.165, 1.54) is 7.11 Å². The van der Waals surface area contributed by atoms with Crippen LogP contribution in [0.1, 0.15) is 10.4 Å². The molecule has 2 aromatic heterocycles. The molecule has 0 aliphatic carbocycles. The second-order valence-electron chi connectivity index (χ2n) is 7.21. The predicted octanol–water partition coefficient (Wildman–Crippen LogP) is 2.62. The van der Waals surface area contributed by atoms with Gasteiger partial charge in [0.15, 0.2) is 0 Å². The Balaban J connectivity index is 1.47. The maximum Gasteiger partial charge on any atom is 0.276 e. The van der Waals surface area contributed by atoms with Crippen LogP contribution in [0, 0.1) is 0 Å². The van der Waals surface area contributed by atoms with Gasteiger partial charge in [0, 0.05) is 37.1 Å². The standard InChI is InChI=1S/C24H24N4O5/c1-31-17-6-4-16(5-7-17)20-15-21-24(30)27(12-13-28(21)26-20)11-10-25-23(29)19-9-8-18(32-2)14-22(19)33-3/h4-9,12-15H,10-11H2,1-3H3,(H,25,29). The number of aromatic nitrogens is 3. The molecule has 170 valence electrons. The van der Waals surface area contributed by atoms with Crippen LogP contribution in [0.2, 0.25) is 0 Å². The summed E-state index contributed by atoms with van der Waals surface area (Å²) in [5, 5.41) is 7.31. The van der Waals surface area contributed by atoms with Crippen LogP contribution in [-0.2, 0) is 6.54 Å². The quantitative estimate of drug-likeness (QED) is 0.445. The number of nitrogens with one attached hydrogen (secondary N) is 1. The Bertz CT molecular complexity index is 1340. The van der Waals surface area contributed by atoms with Crippen LogP contribution in [0.25, 0.3) is 16.8 Å². The molecule has 0 saturated carbocycles. The molecule has 1 amide bonds. The molecule has 0 bridgehead atoms. The summed E-state index contributed by atoms with van der Waals surface area (Å²) in [5.41, 5.74) is 2.21. The molecule has 33 heavy (non-hydrogen) atoms. The van der Waals surface area contributed by atoms with Gasteiger partial charge in [-0.15, -0.1) is 0 Å². The average Bonchev–Trinajstić information content (AvgIpc) is 3.30. The molecule has 9 nitrogen and oxygen atoms in total. The van der Waals surface area contributed by atoms with Crippen LogP contribution in [0.3, 0.4) is 0 Å². The van der Waals surface area contributed by atoms with E-state index in [9.17, 15) is 9.59 Å². The van der Waals surface area contributed by atoms with Crippen molar-refractivity contribution in [2.24, 2.45) is 0 Å². The summed E-state index contributed by atoms with van der Waals surface area (Å²) < 4.78 is 18.7. The van der Waals surface area contributed by atoms with Gasteiger partial charge in [-0.25, -0.2) is 4.52 Å². The first kappa shape index (κ1) is 21.9. The maximum atomic E-state index is 12.9. The van der Waals surface area contributed by atoms with Gasteiger partial charge >= 0.3 is 0 Å². The Hall–Kier alpha value is -4.27. The number of ether oxygens (including phenoxy) is 3. The van der Waals surface area contributed by atoms with Gasteiger partial charge in [0.25, 0.3) is 11.5 Å². The monoisotopic (exact) mass is 448 g/mol. The van der Waals surface area contributed by atoms with Crippen LogP contribution in [0.15, 0.2) is 65.7 Å². The minimum absolute atomic E-state index is 0.193. The second kappa shape index (κ2) is 9.47. The normalized spacial score (nSPS) is 10.8. The number of nitrogens with zero attached hydrogens (tertiary/aromatic N) is 3. The van der Waals surface area contributed by atoms with E-state index < -0.39 is 0 Å². The minimum atomic E-state index is -0.297. The third kappa shape index (κ3) is 4.52. The minimum Gasteiger partial charge on any atom is -0.497 e. The van der Waals surface area contributed by atoms with Crippen molar-refractivity contribution in [1.82, 2.24) is 19.5 Å². The topological polar surface area (TPSA) is 96.1 Å². The van der Waals surface area contributed by atoms with Gasteiger partial charge < -0.3 is 24.1 Å². The number of hydrogen-bond donors (Lipinski definition) is 1. The van der Waals surface area contributed by atoms with Gasteiger partial charge in [-0.05, 0) is 42.5 Å². The van der Waals surface area contributed by atoms with Crippen molar-refractivity contribution in [3.8, 4) is 28.5 Å². The lowest BCUT2D eigenvalue weighted by molar-refractivity contribution is 0.0949. The second-order valence-corrected chi connectivity index (χ2v) is 7.21. The van der Waals surface area contributed by atoms with E-state index in [1.807, 2.05) is 24.3 Å². The fraction of sp³-hybridized carbons (Fsp3) is 0.208. The molecule has 0 spiro atoms. The van der Waals surface area contributed by atoms with E-state index in [0.29, 0.717) is 34.8 Å². The van der Waals surface area contributed by atoms with Gasteiger partial charge in [-0.3, -0.25) is 9.59 Å². The Morgan fingerprint density at radius 3 is 2.36 bits per heavy atom. The number of carbonyl (C=O) groups is 1. The zero-order valence-corrected chi connectivity index (χ0v) is 18.6. The third-order valence-corrected chi connectivity index (χ3v) is 5.28. The predicted molar refractivity (Wildman–Crippen MR) is 123 cm³/mol. The summed E-state index contributed by atoms with van der Waals surface area (Å²) in [5.74, 6) is 1.46. The van der Waals surface area contributed by atoms with Crippen LogP contribution >= 0.6 is 0 Å². The van der Waals surface area contributed by atoms with Gasteiger partial charge in [-0.2, -0.15) is 5.10 Å². The number of methoxy groups -OCH3 is 3. The highest BCUT2D eigenvalue weighted by Gasteiger charge is 2.14. The first-order valence-corrected chi connectivity index (χ1v) is 10.3. The van der Waals surface area contributed by atoms with Crippen LogP contribution in [0.4, 0.5) is 0 Å². The van der Waals surface area contributed by atoms with E-state index in [-0.39, 0.29) is 18.0 Å². The molecule has 0 atom stereocenters. The summed E-state index contributed by atoms with van der Waals surface area (Å²) in [7, 11) is 4.65. The fourth-order valence-electron chi connectivity index (χ4n) is 3.48. The molecule has 0 radical (unpaired) electrons. The summed E-state index contributed by atoms with van der Waals surface area (Å²) in [4.78, 5) is 25.5. The van der Waals surface area contributed by atoms with Crippen molar-refractivity contribution in [3.63, 3.8) is 0 Å². The average molecular weight is 448 g/mol.